The molecular weight excluding hydrogens is 428 g/mol. The maximum Gasteiger partial charge on any atom is 0.221 e. The van der Waals surface area contributed by atoms with E-state index in [1.54, 1.807) is 0 Å². The maximum absolute atomic E-state index is 13.4. The summed E-state index contributed by atoms with van der Waals surface area (Å²) in [5.41, 5.74) is 5.11. The predicted molar refractivity (Wildman–Crippen MR) is 146 cm³/mol. The molecular formula is C32H42N2O. The summed E-state index contributed by atoms with van der Waals surface area (Å²) >= 11 is 0. The van der Waals surface area contributed by atoms with E-state index in [0.717, 1.165) is 18.8 Å². The van der Waals surface area contributed by atoms with Crippen LogP contribution in [-0.2, 0) is 4.79 Å². The first-order chi connectivity index (χ1) is 17.1. The number of hydrogen-bond donors (Lipinski definition) is 1. The van der Waals surface area contributed by atoms with Crippen molar-refractivity contribution in [2.45, 2.75) is 102 Å². The molecule has 2 unspecified atom stereocenters. The molecule has 1 N–H and O–H groups in total. The van der Waals surface area contributed by atoms with E-state index < -0.39 is 0 Å². The van der Waals surface area contributed by atoms with E-state index >= 15 is 0 Å². The Kier molecular flexibility index (Phi) is 7.60. The van der Waals surface area contributed by atoms with Crippen LogP contribution in [0.25, 0.3) is 10.9 Å². The zero-order valence-corrected chi connectivity index (χ0v) is 21.6. The molecule has 2 aliphatic carbocycles. The van der Waals surface area contributed by atoms with Crippen LogP contribution in [0.3, 0.4) is 0 Å². The molecule has 2 fully saturated rings. The number of benzene rings is 2. The Morgan fingerprint density at radius 1 is 0.943 bits per heavy atom. The smallest absolute Gasteiger partial charge is 0.221 e. The van der Waals surface area contributed by atoms with Gasteiger partial charge in [0.1, 0.15) is 0 Å². The van der Waals surface area contributed by atoms with Crippen molar-refractivity contribution in [2.75, 3.05) is 0 Å². The molecule has 186 valence electrons. The first-order valence-electron chi connectivity index (χ1n) is 14.1. The van der Waals surface area contributed by atoms with Gasteiger partial charge in [0.15, 0.2) is 0 Å². The van der Waals surface area contributed by atoms with E-state index in [1.807, 2.05) is 0 Å². The third kappa shape index (κ3) is 5.50. The quantitative estimate of drug-likeness (QED) is 0.372. The minimum Gasteiger partial charge on any atom is -0.353 e. The van der Waals surface area contributed by atoms with Gasteiger partial charge in [-0.15, -0.1) is 0 Å². The van der Waals surface area contributed by atoms with Crippen LogP contribution < -0.4 is 5.32 Å². The molecule has 1 aromatic heterocycles. The van der Waals surface area contributed by atoms with Gasteiger partial charge in [-0.3, -0.25) is 4.79 Å². The largest absolute Gasteiger partial charge is 0.353 e. The molecule has 2 aromatic carbocycles. The van der Waals surface area contributed by atoms with Gasteiger partial charge in [0.05, 0.1) is 0 Å². The summed E-state index contributed by atoms with van der Waals surface area (Å²) in [6.07, 6.45) is 15.7. The van der Waals surface area contributed by atoms with Crippen molar-refractivity contribution in [1.82, 2.24) is 9.88 Å². The van der Waals surface area contributed by atoms with E-state index in [-0.39, 0.29) is 11.8 Å². The molecule has 0 spiro atoms. The van der Waals surface area contributed by atoms with Crippen LogP contribution in [0.1, 0.15) is 106 Å². The third-order valence-corrected chi connectivity index (χ3v) is 8.72. The van der Waals surface area contributed by atoms with Gasteiger partial charge >= 0.3 is 0 Å². The van der Waals surface area contributed by atoms with Crippen LogP contribution in [0.15, 0.2) is 54.7 Å². The second kappa shape index (κ2) is 11.0. The fraction of sp³-hybridized carbons (Fsp3) is 0.531. The second-order valence-corrected chi connectivity index (χ2v) is 11.2. The average molecular weight is 471 g/mol. The van der Waals surface area contributed by atoms with E-state index in [1.165, 1.54) is 79.0 Å². The zero-order chi connectivity index (χ0) is 24.2. The minimum atomic E-state index is 0.0585. The number of para-hydroxylation sites is 1. The van der Waals surface area contributed by atoms with Crippen LogP contribution in [0.4, 0.5) is 0 Å². The Hall–Kier alpha value is -2.55. The van der Waals surface area contributed by atoms with Gasteiger partial charge in [-0.2, -0.15) is 0 Å². The van der Waals surface area contributed by atoms with Gasteiger partial charge in [-0.05, 0) is 62.6 Å². The highest BCUT2D eigenvalue weighted by molar-refractivity contribution is 5.87. The van der Waals surface area contributed by atoms with E-state index in [2.05, 4.69) is 78.5 Å². The molecule has 3 aromatic rings. The minimum absolute atomic E-state index is 0.0585. The highest BCUT2D eigenvalue weighted by atomic mass is 16.1. The van der Waals surface area contributed by atoms with E-state index in [4.69, 9.17) is 0 Å². The molecule has 3 nitrogen and oxygen atoms in total. The molecule has 2 atom stereocenters. The number of nitrogens with one attached hydrogen (secondary N) is 1. The molecule has 5 rings (SSSR count). The summed E-state index contributed by atoms with van der Waals surface area (Å²) in [4.78, 5) is 13.4. The molecule has 0 saturated heterocycles. The zero-order valence-electron chi connectivity index (χ0n) is 21.6. The Balaban J connectivity index is 1.51. The van der Waals surface area contributed by atoms with Crippen molar-refractivity contribution in [2.24, 2.45) is 5.92 Å². The maximum atomic E-state index is 13.4. The van der Waals surface area contributed by atoms with Gasteiger partial charge in [0.2, 0.25) is 5.91 Å². The number of rotatable bonds is 7. The van der Waals surface area contributed by atoms with Gasteiger partial charge in [-0.25, -0.2) is 0 Å². The summed E-state index contributed by atoms with van der Waals surface area (Å²) in [6.45, 7) is 4.56. The molecule has 0 radical (unpaired) electrons. The first kappa shape index (κ1) is 24.2. The Morgan fingerprint density at radius 2 is 1.66 bits per heavy atom. The average Bonchev–Trinajstić information content (AvgIpc) is 3.27. The van der Waals surface area contributed by atoms with Gasteiger partial charge in [-0.1, -0.05) is 86.6 Å². The number of hydrogen-bond acceptors (Lipinski definition) is 1. The van der Waals surface area contributed by atoms with E-state index in [9.17, 15) is 4.79 Å². The lowest BCUT2D eigenvalue weighted by Crippen LogP contribution is -2.36. The summed E-state index contributed by atoms with van der Waals surface area (Å²) in [7, 11) is 0. The van der Waals surface area contributed by atoms with Crippen LogP contribution in [0, 0.1) is 12.8 Å². The second-order valence-electron chi connectivity index (χ2n) is 11.2. The van der Waals surface area contributed by atoms with Crippen LogP contribution in [-0.4, -0.2) is 16.5 Å². The van der Waals surface area contributed by atoms with Crippen molar-refractivity contribution in [3.05, 3.63) is 71.4 Å². The molecule has 0 aliphatic heterocycles. The Labute approximate surface area is 211 Å². The normalized spacial score (nSPS) is 19.5. The number of nitrogens with zero attached hydrogens (tertiary/aromatic N) is 1. The van der Waals surface area contributed by atoms with Crippen molar-refractivity contribution < 1.29 is 4.79 Å². The number of carbonyl (C=O) groups excluding carboxylic acids is 1. The molecule has 3 heteroatoms. The van der Waals surface area contributed by atoms with Gasteiger partial charge in [0.25, 0.3) is 0 Å². The lowest BCUT2D eigenvalue weighted by Gasteiger charge is -2.29. The summed E-state index contributed by atoms with van der Waals surface area (Å²) < 4.78 is 2.53. The molecule has 2 saturated carbocycles. The van der Waals surface area contributed by atoms with Crippen molar-refractivity contribution in [1.29, 1.82) is 0 Å². The standard InChI is InChI=1S/C32H42N2O/c1-23-12-11-15-26(20-23)29(21-32(35)33-27-16-7-4-8-17-27)30-22-34(31-19-10-9-18-28(30)31)24(2)25-13-5-3-6-14-25/h9-12,15,18-20,22,24-25,27,29H,3-8,13-14,16-17,21H2,1-2H3,(H,33,35). The monoisotopic (exact) mass is 470 g/mol. The first-order valence-corrected chi connectivity index (χ1v) is 14.1. The van der Waals surface area contributed by atoms with Crippen LogP contribution in [0.2, 0.25) is 0 Å². The lowest BCUT2D eigenvalue weighted by molar-refractivity contribution is -0.122. The Bertz CT molecular complexity index is 1130. The predicted octanol–water partition coefficient (Wildman–Crippen LogP) is 8.06. The van der Waals surface area contributed by atoms with E-state index in [0.29, 0.717) is 18.5 Å². The molecule has 2 aliphatic rings. The van der Waals surface area contributed by atoms with Crippen molar-refractivity contribution in [3.8, 4) is 0 Å². The van der Waals surface area contributed by atoms with Crippen LogP contribution in [0.5, 0.6) is 0 Å². The third-order valence-electron chi connectivity index (χ3n) is 8.72. The van der Waals surface area contributed by atoms with Gasteiger partial charge in [0, 0.05) is 41.5 Å². The SMILES string of the molecule is Cc1cccc(C(CC(=O)NC2CCCCC2)c2cn(C(C)C3CCCCC3)c3ccccc23)c1. The lowest BCUT2D eigenvalue weighted by atomic mass is 9.84. The fourth-order valence-electron chi connectivity index (χ4n) is 6.70. The number of aromatic nitrogens is 1. The van der Waals surface area contributed by atoms with Gasteiger partial charge < -0.3 is 9.88 Å². The fourth-order valence-corrected chi connectivity index (χ4v) is 6.70. The summed E-state index contributed by atoms with van der Waals surface area (Å²) in [5.74, 6) is 0.989. The number of fused-ring (bicyclic) bond motifs is 1. The topological polar surface area (TPSA) is 34.0 Å². The molecule has 0 bridgehead atoms. The molecule has 1 heterocycles. The number of aryl methyl sites for hydroxylation is 1. The van der Waals surface area contributed by atoms with Crippen LogP contribution >= 0.6 is 0 Å². The van der Waals surface area contributed by atoms with Crippen molar-refractivity contribution in [3.63, 3.8) is 0 Å². The number of amides is 1. The highest BCUT2D eigenvalue weighted by Gasteiger charge is 2.28. The molecule has 35 heavy (non-hydrogen) atoms. The summed E-state index contributed by atoms with van der Waals surface area (Å²) in [6, 6.07) is 18.4. The molecule has 1 amide bonds. The Morgan fingerprint density at radius 3 is 2.40 bits per heavy atom. The highest BCUT2D eigenvalue weighted by Crippen LogP contribution is 2.40. The van der Waals surface area contributed by atoms with Crippen molar-refractivity contribution >= 4 is 16.8 Å². The number of carbonyl (C=O) groups is 1. The summed E-state index contributed by atoms with van der Waals surface area (Å²) in [5, 5.41) is 4.69.